The maximum absolute atomic E-state index is 6.42. The Kier molecular flexibility index (Phi) is 31.3. The van der Waals surface area contributed by atoms with Crippen molar-refractivity contribution in [1.29, 1.82) is 0 Å². The molecule has 0 bridgehead atoms. The molecule has 0 N–H and O–H groups in total. The van der Waals surface area contributed by atoms with Crippen LogP contribution >= 0.6 is 0 Å². The summed E-state index contributed by atoms with van der Waals surface area (Å²) in [5.41, 5.74) is 0. The summed E-state index contributed by atoms with van der Waals surface area (Å²) >= 11 is 0. The second-order valence-electron chi connectivity index (χ2n) is 11.9. The van der Waals surface area contributed by atoms with Gasteiger partial charge >= 0.3 is 17.6 Å². The van der Waals surface area contributed by atoms with E-state index in [0.717, 1.165) is 142 Å². The van der Waals surface area contributed by atoms with Gasteiger partial charge in [-0.2, -0.15) is 0 Å². The molecule has 0 fully saturated rings. The average molecular weight is 635 g/mol. The Morgan fingerprint density at radius 3 is 0.643 bits per heavy atom. The highest BCUT2D eigenvalue weighted by Gasteiger charge is 2.41. The van der Waals surface area contributed by atoms with Crippen LogP contribution in [0.4, 0.5) is 0 Å². The van der Waals surface area contributed by atoms with Crippen LogP contribution in [-0.4, -0.2) is 57.3 Å². The summed E-state index contributed by atoms with van der Waals surface area (Å²) in [5, 5.41) is 0. The van der Waals surface area contributed by atoms with Crippen LogP contribution in [0.25, 0.3) is 0 Å². The van der Waals surface area contributed by atoms with E-state index in [-0.39, 0.29) is 0 Å². The summed E-state index contributed by atoms with van der Waals surface area (Å²) in [6, 6.07) is 1.93. The van der Waals surface area contributed by atoms with Gasteiger partial charge in [0.2, 0.25) is 0 Å². The van der Waals surface area contributed by atoms with Gasteiger partial charge in [0.05, 0.1) is 0 Å². The molecule has 0 aliphatic rings. The molecule has 0 saturated carbocycles. The summed E-state index contributed by atoms with van der Waals surface area (Å²) in [7, 11) is -5.16. The molecule has 0 aromatic heterocycles. The number of hydrogen-bond donors (Lipinski definition) is 0. The second-order valence-corrected chi connectivity index (χ2v) is 17.4. The van der Waals surface area contributed by atoms with Crippen molar-refractivity contribution in [2.45, 2.75) is 182 Å². The van der Waals surface area contributed by atoms with Crippen molar-refractivity contribution < 1.29 is 26.6 Å². The Morgan fingerprint density at radius 2 is 0.452 bits per heavy atom. The van der Waals surface area contributed by atoms with Gasteiger partial charge in [0.15, 0.2) is 0 Å². The Morgan fingerprint density at radius 1 is 0.262 bits per heavy atom. The average Bonchev–Trinajstić information content (AvgIpc) is 2.99. The third-order valence-corrected chi connectivity index (χ3v) is 13.4. The van der Waals surface area contributed by atoms with Crippen LogP contribution in [0, 0.1) is 0 Å². The molecule has 0 aromatic carbocycles. The van der Waals surface area contributed by atoms with Crippen molar-refractivity contribution in [2.24, 2.45) is 0 Å². The Hall–Kier alpha value is 0.194. The minimum Gasteiger partial charge on any atom is -0.373 e. The first-order valence-corrected chi connectivity index (χ1v) is 22.3. The molecular weight excluding hydrogens is 561 g/mol. The van der Waals surface area contributed by atoms with E-state index in [0.29, 0.717) is 0 Å². The summed E-state index contributed by atoms with van der Waals surface area (Å²) in [6.07, 6.45) is 23.2. The SMILES string of the molecule is CCCCO[Si](CCCCCCCCCC[Si](OCCCC)(OCCCC)OCCCC)(OCCCC)OCCCC. The lowest BCUT2D eigenvalue weighted by Crippen LogP contribution is -2.46. The molecule has 0 saturated heterocycles. The normalized spacial score (nSPS) is 12.4. The summed E-state index contributed by atoms with van der Waals surface area (Å²) < 4.78 is 38.5. The van der Waals surface area contributed by atoms with Crippen molar-refractivity contribution in [3.63, 3.8) is 0 Å². The minimum atomic E-state index is -2.58. The third kappa shape index (κ3) is 23.6. The first-order chi connectivity index (χ1) is 20.6. The molecular formula is C34H74O6Si2. The third-order valence-electron chi connectivity index (χ3n) is 7.64. The van der Waals surface area contributed by atoms with E-state index in [1.807, 2.05) is 0 Å². The van der Waals surface area contributed by atoms with Crippen LogP contribution in [0.5, 0.6) is 0 Å². The predicted octanol–water partition coefficient (Wildman–Crippen LogP) is 10.9. The van der Waals surface area contributed by atoms with Crippen LogP contribution in [-0.2, 0) is 26.6 Å². The van der Waals surface area contributed by atoms with Crippen LogP contribution in [0.3, 0.4) is 0 Å². The molecule has 0 aliphatic heterocycles. The van der Waals surface area contributed by atoms with Crippen molar-refractivity contribution in [1.82, 2.24) is 0 Å². The van der Waals surface area contributed by atoms with E-state index in [9.17, 15) is 0 Å². The molecule has 42 heavy (non-hydrogen) atoms. The van der Waals surface area contributed by atoms with Crippen molar-refractivity contribution >= 4 is 17.6 Å². The summed E-state index contributed by atoms with van der Waals surface area (Å²) in [5.74, 6) is 0. The van der Waals surface area contributed by atoms with E-state index in [1.54, 1.807) is 0 Å². The molecule has 0 aromatic rings. The van der Waals surface area contributed by atoms with Gasteiger partial charge < -0.3 is 26.6 Å². The van der Waals surface area contributed by atoms with E-state index in [4.69, 9.17) is 26.6 Å². The van der Waals surface area contributed by atoms with Crippen molar-refractivity contribution in [3.05, 3.63) is 0 Å². The van der Waals surface area contributed by atoms with Gasteiger partial charge in [-0.05, 0) is 51.4 Å². The van der Waals surface area contributed by atoms with Crippen molar-refractivity contribution in [3.8, 4) is 0 Å². The predicted molar refractivity (Wildman–Crippen MR) is 183 cm³/mol. The first-order valence-electron chi connectivity index (χ1n) is 18.4. The molecule has 0 aliphatic carbocycles. The molecule has 0 amide bonds. The minimum absolute atomic E-state index is 0.766. The Labute approximate surface area is 265 Å². The molecule has 0 rings (SSSR count). The molecule has 8 heteroatoms. The fourth-order valence-corrected chi connectivity index (χ4v) is 10.1. The fraction of sp³-hybridized carbons (Fsp3) is 1.00. The zero-order chi connectivity index (χ0) is 31.0. The van der Waals surface area contributed by atoms with Crippen LogP contribution in [0.1, 0.15) is 170 Å². The van der Waals surface area contributed by atoms with E-state index >= 15 is 0 Å². The lowest BCUT2D eigenvalue weighted by atomic mass is 10.1. The van der Waals surface area contributed by atoms with E-state index in [1.165, 1.54) is 38.5 Å². The van der Waals surface area contributed by atoms with Crippen LogP contribution in [0.15, 0.2) is 0 Å². The molecule has 0 radical (unpaired) electrons. The summed E-state index contributed by atoms with van der Waals surface area (Å²) in [6.45, 7) is 17.9. The lowest BCUT2D eigenvalue weighted by Gasteiger charge is -2.30. The van der Waals surface area contributed by atoms with Crippen LogP contribution < -0.4 is 0 Å². The quantitative estimate of drug-likeness (QED) is 0.0511. The first kappa shape index (κ1) is 42.2. The molecule has 0 spiro atoms. The highest BCUT2D eigenvalue weighted by Crippen LogP contribution is 2.24. The van der Waals surface area contributed by atoms with Gasteiger partial charge in [-0.15, -0.1) is 0 Å². The maximum atomic E-state index is 6.42. The molecule has 254 valence electrons. The standard InChI is InChI=1S/C34H74O6Si2/c1-7-13-27-35-41(36-28-14-8-2,37-29-15-9-3)33-25-23-21-19-20-22-24-26-34-42(38-30-16-10-4,39-31-17-11-5)40-32-18-12-6/h7-34H2,1-6H3. The van der Waals surface area contributed by atoms with Gasteiger partial charge in [-0.25, -0.2) is 0 Å². The Balaban J connectivity index is 4.57. The maximum Gasteiger partial charge on any atom is 0.500 e. The summed E-state index contributed by atoms with van der Waals surface area (Å²) in [4.78, 5) is 0. The highest BCUT2D eigenvalue weighted by atomic mass is 28.4. The van der Waals surface area contributed by atoms with E-state index in [2.05, 4.69) is 41.5 Å². The van der Waals surface area contributed by atoms with Gasteiger partial charge in [0, 0.05) is 51.7 Å². The monoisotopic (exact) mass is 635 g/mol. The molecule has 0 atom stereocenters. The number of hydrogen-bond acceptors (Lipinski definition) is 6. The highest BCUT2D eigenvalue weighted by molar-refractivity contribution is 6.61. The Bertz CT molecular complexity index is 441. The lowest BCUT2D eigenvalue weighted by molar-refractivity contribution is 0.0549. The van der Waals surface area contributed by atoms with Gasteiger partial charge in [0.1, 0.15) is 0 Å². The van der Waals surface area contributed by atoms with Gasteiger partial charge in [-0.3, -0.25) is 0 Å². The number of rotatable bonds is 35. The number of unbranched alkanes of at least 4 members (excludes halogenated alkanes) is 13. The van der Waals surface area contributed by atoms with Crippen molar-refractivity contribution in [2.75, 3.05) is 39.6 Å². The van der Waals surface area contributed by atoms with Gasteiger partial charge in [0.25, 0.3) is 0 Å². The molecule has 6 nitrogen and oxygen atoms in total. The largest absolute Gasteiger partial charge is 0.500 e. The zero-order valence-corrected chi connectivity index (χ0v) is 31.2. The smallest absolute Gasteiger partial charge is 0.373 e. The molecule has 0 heterocycles. The second kappa shape index (κ2) is 31.2. The topological polar surface area (TPSA) is 55.4 Å². The zero-order valence-electron chi connectivity index (χ0n) is 29.2. The van der Waals surface area contributed by atoms with Gasteiger partial charge in [-0.1, -0.05) is 119 Å². The fourth-order valence-electron chi connectivity index (χ4n) is 4.66. The van der Waals surface area contributed by atoms with Crippen LogP contribution in [0.2, 0.25) is 12.1 Å². The molecule has 0 unspecified atom stereocenters. The van der Waals surface area contributed by atoms with E-state index < -0.39 is 17.6 Å².